The fourth-order valence-electron chi connectivity index (χ4n) is 0.848. The molecule has 1 aromatic carbocycles. The van der Waals surface area contributed by atoms with Gasteiger partial charge in [-0.05, 0) is 18.1 Å². The van der Waals surface area contributed by atoms with E-state index in [-0.39, 0.29) is 5.78 Å². The highest BCUT2D eigenvalue weighted by Gasteiger charge is 2.01. The second kappa shape index (κ2) is 3.59. The van der Waals surface area contributed by atoms with E-state index in [9.17, 15) is 4.79 Å². The van der Waals surface area contributed by atoms with Crippen LogP contribution in [0.25, 0.3) is 0 Å². The van der Waals surface area contributed by atoms with Crippen LogP contribution < -0.4 is 4.74 Å². The van der Waals surface area contributed by atoms with E-state index < -0.39 is 0 Å². The second-order valence-electron chi connectivity index (χ2n) is 2.21. The molecule has 0 N–H and O–H groups in total. The highest BCUT2D eigenvalue weighted by Crippen LogP contribution is 2.12. The molecular formula is C10H8O2. The van der Waals surface area contributed by atoms with E-state index >= 15 is 0 Å². The van der Waals surface area contributed by atoms with Crippen molar-refractivity contribution in [1.29, 1.82) is 0 Å². The summed E-state index contributed by atoms with van der Waals surface area (Å²) in [6.07, 6.45) is 4.96. The second-order valence-corrected chi connectivity index (χ2v) is 2.21. The summed E-state index contributed by atoms with van der Waals surface area (Å²) in [7, 11) is 1.54. The van der Waals surface area contributed by atoms with Gasteiger partial charge in [-0.25, -0.2) is 0 Å². The van der Waals surface area contributed by atoms with E-state index in [0.29, 0.717) is 11.3 Å². The lowest BCUT2D eigenvalue weighted by atomic mass is 10.1. The maximum atomic E-state index is 11.0. The molecule has 1 aromatic rings. The molecule has 12 heavy (non-hydrogen) atoms. The van der Waals surface area contributed by atoms with Crippen LogP contribution in [-0.2, 0) is 0 Å². The lowest BCUT2D eigenvalue weighted by Crippen LogP contribution is -1.94. The minimum absolute atomic E-state index is 0.325. The standard InChI is InChI=1S/C10H8O2/c1-3-10(11)8-5-4-6-9(7-8)12-2/h1,4-7H,2H3. The molecule has 1 rings (SSSR count). The average Bonchev–Trinajstić information content (AvgIpc) is 2.17. The van der Waals surface area contributed by atoms with Gasteiger partial charge in [0.05, 0.1) is 7.11 Å². The van der Waals surface area contributed by atoms with Crippen LogP contribution in [0.2, 0.25) is 0 Å². The minimum atomic E-state index is -0.325. The van der Waals surface area contributed by atoms with E-state index in [2.05, 4.69) is 0 Å². The van der Waals surface area contributed by atoms with Gasteiger partial charge in [0, 0.05) is 5.56 Å². The number of carbonyl (C=O) groups excluding carboxylic acids is 1. The first-order valence-electron chi connectivity index (χ1n) is 3.43. The molecule has 0 amide bonds. The van der Waals surface area contributed by atoms with Gasteiger partial charge in [0.25, 0.3) is 0 Å². The highest BCUT2D eigenvalue weighted by atomic mass is 16.5. The van der Waals surface area contributed by atoms with Crippen molar-refractivity contribution >= 4 is 5.78 Å². The largest absolute Gasteiger partial charge is 0.497 e. The first-order chi connectivity index (χ1) is 5.77. The minimum Gasteiger partial charge on any atom is -0.497 e. The van der Waals surface area contributed by atoms with Gasteiger partial charge in [-0.3, -0.25) is 4.79 Å². The van der Waals surface area contributed by atoms with Crippen LogP contribution in [0.4, 0.5) is 0 Å². The normalized spacial score (nSPS) is 8.67. The van der Waals surface area contributed by atoms with Crippen molar-refractivity contribution in [2.45, 2.75) is 0 Å². The Morgan fingerprint density at radius 3 is 2.92 bits per heavy atom. The lowest BCUT2D eigenvalue weighted by Gasteiger charge is -1.99. The van der Waals surface area contributed by atoms with Crippen molar-refractivity contribution < 1.29 is 9.53 Å². The number of benzene rings is 1. The van der Waals surface area contributed by atoms with Crippen molar-refractivity contribution in [3.63, 3.8) is 0 Å². The Morgan fingerprint density at radius 2 is 2.33 bits per heavy atom. The average molecular weight is 160 g/mol. The van der Waals surface area contributed by atoms with Crippen molar-refractivity contribution in [2.24, 2.45) is 0 Å². The third kappa shape index (κ3) is 1.64. The monoisotopic (exact) mass is 160 g/mol. The first kappa shape index (κ1) is 8.35. The predicted octanol–water partition coefficient (Wildman–Crippen LogP) is 1.51. The Kier molecular flexibility index (Phi) is 2.49. The van der Waals surface area contributed by atoms with Crippen molar-refractivity contribution in [2.75, 3.05) is 7.11 Å². The van der Waals surface area contributed by atoms with Gasteiger partial charge < -0.3 is 4.74 Å². The van der Waals surface area contributed by atoms with Gasteiger partial charge in [-0.15, -0.1) is 6.42 Å². The molecule has 0 fully saturated rings. The Hall–Kier alpha value is -1.75. The molecule has 0 heterocycles. The molecule has 0 radical (unpaired) electrons. The molecular weight excluding hydrogens is 152 g/mol. The van der Waals surface area contributed by atoms with Crippen LogP contribution >= 0.6 is 0 Å². The van der Waals surface area contributed by atoms with Gasteiger partial charge in [0.15, 0.2) is 0 Å². The Balaban J connectivity index is 3.03. The molecule has 0 saturated heterocycles. The number of carbonyl (C=O) groups is 1. The van der Waals surface area contributed by atoms with Crippen LogP contribution in [0, 0.1) is 12.3 Å². The number of ketones is 1. The summed E-state index contributed by atoms with van der Waals surface area (Å²) >= 11 is 0. The van der Waals surface area contributed by atoms with Gasteiger partial charge in [-0.1, -0.05) is 12.1 Å². The molecule has 2 nitrogen and oxygen atoms in total. The predicted molar refractivity (Wildman–Crippen MR) is 46.2 cm³/mol. The van der Waals surface area contributed by atoms with Crippen LogP contribution in [0.3, 0.4) is 0 Å². The molecule has 2 heteroatoms. The number of hydrogen-bond donors (Lipinski definition) is 0. The number of methoxy groups -OCH3 is 1. The lowest BCUT2D eigenvalue weighted by molar-refractivity contribution is 0.105. The SMILES string of the molecule is C#CC(=O)c1cccc(OC)c1. The molecule has 0 unspecified atom stereocenters. The van der Waals surface area contributed by atoms with Crippen LogP contribution in [-0.4, -0.2) is 12.9 Å². The Morgan fingerprint density at radius 1 is 1.58 bits per heavy atom. The zero-order valence-electron chi connectivity index (χ0n) is 6.70. The molecule has 0 saturated carbocycles. The van der Waals surface area contributed by atoms with Gasteiger partial charge in [0.1, 0.15) is 5.75 Å². The summed E-state index contributed by atoms with van der Waals surface area (Å²) in [5, 5.41) is 0. The molecule has 60 valence electrons. The highest BCUT2D eigenvalue weighted by molar-refractivity contribution is 6.08. The maximum Gasteiger partial charge on any atom is 0.235 e. The molecule has 0 aliphatic heterocycles. The number of ether oxygens (including phenoxy) is 1. The number of rotatable bonds is 2. The molecule has 0 aliphatic rings. The number of terminal acetylenes is 1. The third-order valence-electron chi connectivity index (χ3n) is 1.46. The molecule has 0 aliphatic carbocycles. The van der Waals surface area contributed by atoms with E-state index in [1.807, 2.05) is 5.92 Å². The fraction of sp³-hybridized carbons (Fsp3) is 0.100. The topological polar surface area (TPSA) is 26.3 Å². The quantitative estimate of drug-likeness (QED) is 0.372. The summed E-state index contributed by atoms with van der Waals surface area (Å²) in [4.78, 5) is 11.0. The third-order valence-corrected chi connectivity index (χ3v) is 1.46. The van der Waals surface area contributed by atoms with Crippen LogP contribution in [0.5, 0.6) is 5.75 Å². The van der Waals surface area contributed by atoms with E-state index in [1.165, 1.54) is 0 Å². The van der Waals surface area contributed by atoms with Gasteiger partial charge in [0.2, 0.25) is 5.78 Å². The first-order valence-corrected chi connectivity index (χ1v) is 3.43. The van der Waals surface area contributed by atoms with E-state index in [0.717, 1.165) is 0 Å². The number of Topliss-reactive ketones (excluding diaryl/α,β-unsaturated/α-hetero) is 1. The summed E-state index contributed by atoms with van der Waals surface area (Å²) in [6, 6.07) is 6.75. The molecule has 0 aromatic heterocycles. The fourth-order valence-corrected chi connectivity index (χ4v) is 0.848. The van der Waals surface area contributed by atoms with Gasteiger partial charge in [-0.2, -0.15) is 0 Å². The van der Waals surface area contributed by atoms with Crippen LogP contribution in [0.1, 0.15) is 10.4 Å². The van der Waals surface area contributed by atoms with Crippen molar-refractivity contribution in [3.8, 4) is 18.1 Å². The number of hydrogen-bond acceptors (Lipinski definition) is 2. The summed E-state index contributed by atoms with van der Waals surface area (Å²) in [5.74, 6) is 2.35. The summed E-state index contributed by atoms with van der Waals surface area (Å²) in [5.41, 5.74) is 0.483. The Bertz CT molecular complexity index is 334. The summed E-state index contributed by atoms with van der Waals surface area (Å²) < 4.78 is 4.93. The maximum absolute atomic E-state index is 11.0. The zero-order valence-corrected chi connectivity index (χ0v) is 6.70. The van der Waals surface area contributed by atoms with Crippen molar-refractivity contribution in [3.05, 3.63) is 29.8 Å². The smallest absolute Gasteiger partial charge is 0.235 e. The summed E-state index contributed by atoms with van der Waals surface area (Å²) in [6.45, 7) is 0. The van der Waals surface area contributed by atoms with E-state index in [1.54, 1.807) is 31.4 Å². The molecule has 0 bridgehead atoms. The van der Waals surface area contributed by atoms with Crippen molar-refractivity contribution in [1.82, 2.24) is 0 Å². The molecule has 0 spiro atoms. The Labute approximate surface area is 71.2 Å². The van der Waals surface area contributed by atoms with Gasteiger partial charge >= 0.3 is 0 Å². The van der Waals surface area contributed by atoms with Crippen LogP contribution in [0.15, 0.2) is 24.3 Å². The molecule has 0 atom stereocenters. The van der Waals surface area contributed by atoms with E-state index in [4.69, 9.17) is 11.2 Å². The zero-order chi connectivity index (χ0) is 8.97.